The number of amides is 1. The lowest BCUT2D eigenvalue weighted by Crippen LogP contribution is -2.50. The topological polar surface area (TPSA) is 68.2 Å². The first-order valence-electron chi connectivity index (χ1n) is 8.40. The molecule has 2 aliphatic carbocycles. The summed E-state index contributed by atoms with van der Waals surface area (Å²) < 4.78 is 0. The van der Waals surface area contributed by atoms with Gasteiger partial charge < -0.3 is 10.6 Å². The molecule has 5 nitrogen and oxygen atoms in total. The predicted octanol–water partition coefficient (Wildman–Crippen LogP) is 1.16. The van der Waals surface area contributed by atoms with Crippen LogP contribution in [0.5, 0.6) is 0 Å². The fourth-order valence-corrected chi connectivity index (χ4v) is 3.71. The van der Waals surface area contributed by atoms with E-state index < -0.39 is 5.54 Å². The van der Waals surface area contributed by atoms with Crippen molar-refractivity contribution < 1.29 is 4.79 Å². The average Bonchev–Trinajstić information content (AvgIpc) is 3.00. The Kier molecular flexibility index (Phi) is 4.46. The second-order valence-electron chi connectivity index (χ2n) is 6.90. The van der Waals surface area contributed by atoms with Gasteiger partial charge in [0.2, 0.25) is 5.91 Å². The van der Waals surface area contributed by atoms with Crippen molar-refractivity contribution >= 4 is 5.91 Å². The first-order chi connectivity index (χ1) is 10.2. The molecule has 0 aromatic carbocycles. The summed E-state index contributed by atoms with van der Waals surface area (Å²) in [6.07, 6.45) is 8.59. The van der Waals surface area contributed by atoms with Crippen LogP contribution in [0.4, 0.5) is 0 Å². The lowest BCUT2D eigenvalue weighted by atomic mass is 10.00. The van der Waals surface area contributed by atoms with Gasteiger partial charge in [0.15, 0.2) is 0 Å². The number of hydrogen-bond donors (Lipinski definition) is 2. The highest BCUT2D eigenvalue weighted by atomic mass is 16.2. The van der Waals surface area contributed by atoms with Crippen LogP contribution in [0.3, 0.4) is 0 Å². The number of nitrogens with zero attached hydrogens (tertiary/aromatic N) is 2. The summed E-state index contributed by atoms with van der Waals surface area (Å²) in [5.74, 6) is 0.0309. The van der Waals surface area contributed by atoms with Crippen LogP contribution in [0.2, 0.25) is 0 Å². The lowest BCUT2D eigenvalue weighted by Gasteiger charge is -2.28. The van der Waals surface area contributed by atoms with Gasteiger partial charge in [-0.25, -0.2) is 0 Å². The largest absolute Gasteiger partial charge is 0.337 e. The minimum absolute atomic E-state index is 0.0309. The number of carbonyl (C=O) groups excluding carboxylic acids is 1. The highest BCUT2D eigenvalue weighted by Crippen LogP contribution is 2.30. The van der Waals surface area contributed by atoms with E-state index in [1.54, 1.807) is 0 Å². The average molecular weight is 290 g/mol. The molecule has 3 fully saturated rings. The third-order valence-corrected chi connectivity index (χ3v) is 5.08. The van der Waals surface area contributed by atoms with Crippen molar-refractivity contribution in [2.75, 3.05) is 19.6 Å². The molecule has 2 N–H and O–H groups in total. The highest BCUT2D eigenvalue weighted by Gasteiger charge is 2.37. The summed E-state index contributed by atoms with van der Waals surface area (Å²) in [5, 5.41) is 15.9. The molecule has 21 heavy (non-hydrogen) atoms. The summed E-state index contributed by atoms with van der Waals surface area (Å²) in [4.78, 5) is 14.7. The maximum atomic E-state index is 12.4. The zero-order valence-corrected chi connectivity index (χ0v) is 12.7. The van der Waals surface area contributed by atoms with E-state index in [0.29, 0.717) is 18.6 Å². The van der Waals surface area contributed by atoms with Crippen LogP contribution < -0.4 is 10.6 Å². The molecule has 1 aliphatic heterocycles. The predicted molar refractivity (Wildman–Crippen MR) is 80.6 cm³/mol. The zero-order valence-electron chi connectivity index (χ0n) is 12.7. The Labute approximate surface area is 127 Å². The molecular weight excluding hydrogens is 264 g/mol. The second kappa shape index (κ2) is 6.33. The molecule has 0 radical (unpaired) electrons. The van der Waals surface area contributed by atoms with E-state index in [-0.39, 0.29) is 5.91 Å². The summed E-state index contributed by atoms with van der Waals surface area (Å²) >= 11 is 0. The van der Waals surface area contributed by atoms with E-state index in [1.165, 1.54) is 25.7 Å². The van der Waals surface area contributed by atoms with Gasteiger partial charge in [-0.15, -0.1) is 0 Å². The fraction of sp³-hybridized carbons (Fsp3) is 0.875. The minimum atomic E-state index is -0.585. The molecule has 3 rings (SSSR count). The number of rotatable bonds is 6. The summed E-state index contributed by atoms with van der Waals surface area (Å²) in [6.45, 7) is 2.52. The van der Waals surface area contributed by atoms with Gasteiger partial charge in [-0.3, -0.25) is 9.69 Å². The molecule has 3 aliphatic rings. The maximum Gasteiger partial charge on any atom is 0.235 e. The highest BCUT2D eigenvalue weighted by molar-refractivity contribution is 5.79. The third-order valence-electron chi connectivity index (χ3n) is 5.08. The van der Waals surface area contributed by atoms with E-state index >= 15 is 0 Å². The number of carbonyl (C=O) groups is 1. The van der Waals surface area contributed by atoms with Gasteiger partial charge in [-0.2, -0.15) is 5.26 Å². The van der Waals surface area contributed by atoms with Crippen molar-refractivity contribution in [3.8, 4) is 6.07 Å². The molecule has 1 unspecified atom stereocenters. The molecule has 1 amide bonds. The molecule has 0 aromatic rings. The maximum absolute atomic E-state index is 12.4. The van der Waals surface area contributed by atoms with Crippen molar-refractivity contribution in [2.24, 2.45) is 0 Å². The van der Waals surface area contributed by atoms with Gasteiger partial charge in [0, 0.05) is 18.6 Å². The molecule has 116 valence electrons. The zero-order chi connectivity index (χ0) is 14.7. The van der Waals surface area contributed by atoms with Gasteiger partial charge in [0.1, 0.15) is 5.54 Å². The third kappa shape index (κ3) is 3.75. The molecule has 5 heteroatoms. The summed E-state index contributed by atoms with van der Waals surface area (Å²) in [6, 6.07) is 3.46. The Morgan fingerprint density at radius 1 is 1.29 bits per heavy atom. The fourth-order valence-electron chi connectivity index (χ4n) is 3.71. The quantitative estimate of drug-likeness (QED) is 0.770. The first-order valence-corrected chi connectivity index (χ1v) is 8.40. The van der Waals surface area contributed by atoms with Crippen molar-refractivity contribution in [1.29, 1.82) is 5.26 Å². The van der Waals surface area contributed by atoms with E-state index in [0.717, 1.165) is 38.8 Å². The van der Waals surface area contributed by atoms with Crippen LogP contribution in [0.1, 0.15) is 51.4 Å². The SMILES string of the molecule is N#CC1(NC(=O)CN(CC2CCCN2)C2CC2)CCCC1. The molecule has 0 bridgehead atoms. The number of hydrogen-bond acceptors (Lipinski definition) is 4. The van der Waals surface area contributed by atoms with Gasteiger partial charge >= 0.3 is 0 Å². The standard InChI is InChI=1S/C16H26N4O/c17-12-16(7-1-2-8-16)19-15(21)11-20(14-5-6-14)10-13-4-3-9-18-13/h13-14,18H,1-11H2,(H,19,21). The second-order valence-corrected chi connectivity index (χ2v) is 6.90. The van der Waals surface area contributed by atoms with Crippen LogP contribution in [0.15, 0.2) is 0 Å². The molecule has 0 aromatic heterocycles. The normalized spacial score (nSPS) is 27.7. The van der Waals surface area contributed by atoms with Gasteiger partial charge in [0.05, 0.1) is 12.6 Å². The van der Waals surface area contributed by atoms with Crippen LogP contribution >= 0.6 is 0 Å². The summed E-state index contributed by atoms with van der Waals surface area (Å²) in [5.41, 5.74) is -0.585. The van der Waals surface area contributed by atoms with Crippen LogP contribution in [0, 0.1) is 11.3 Å². The number of nitrogens with one attached hydrogen (secondary N) is 2. The van der Waals surface area contributed by atoms with E-state index in [2.05, 4.69) is 21.6 Å². The molecule has 1 atom stereocenters. The van der Waals surface area contributed by atoms with Crippen LogP contribution in [-0.2, 0) is 4.79 Å². The van der Waals surface area contributed by atoms with E-state index in [1.807, 2.05) is 0 Å². The van der Waals surface area contributed by atoms with E-state index in [4.69, 9.17) is 0 Å². The molecule has 1 heterocycles. The molecular formula is C16H26N4O. The van der Waals surface area contributed by atoms with Crippen LogP contribution in [-0.4, -0.2) is 48.1 Å². The molecule has 1 saturated heterocycles. The van der Waals surface area contributed by atoms with Crippen LogP contribution in [0.25, 0.3) is 0 Å². The van der Waals surface area contributed by atoms with Crippen molar-refractivity contribution in [3.63, 3.8) is 0 Å². The monoisotopic (exact) mass is 290 g/mol. The van der Waals surface area contributed by atoms with E-state index in [9.17, 15) is 10.1 Å². The van der Waals surface area contributed by atoms with Crippen molar-refractivity contribution in [2.45, 2.75) is 69.0 Å². The van der Waals surface area contributed by atoms with Crippen molar-refractivity contribution in [3.05, 3.63) is 0 Å². The summed E-state index contributed by atoms with van der Waals surface area (Å²) in [7, 11) is 0. The lowest BCUT2D eigenvalue weighted by molar-refractivity contribution is -0.123. The molecule has 0 spiro atoms. The Morgan fingerprint density at radius 2 is 2.05 bits per heavy atom. The smallest absolute Gasteiger partial charge is 0.235 e. The number of nitriles is 1. The Bertz CT molecular complexity index is 414. The Balaban J connectivity index is 1.52. The Morgan fingerprint density at radius 3 is 2.62 bits per heavy atom. The first kappa shape index (κ1) is 14.8. The Hall–Kier alpha value is -1.12. The van der Waals surface area contributed by atoms with Gasteiger partial charge in [0.25, 0.3) is 0 Å². The van der Waals surface area contributed by atoms with Gasteiger partial charge in [-0.1, -0.05) is 0 Å². The molecule has 2 saturated carbocycles. The van der Waals surface area contributed by atoms with Crippen molar-refractivity contribution in [1.82, 2.24) is 15.5 Å². The van der Waals surface area contributed by atoms with Gasteiger partial charge in [-0.05, 0) is 57.9 Å². The minimum Gasteiger partial charge on any atom is -0.337 e.